The SMILES string of the molecule is CC(=O)N1CCN(c2ccc3ncn(CC(=O)C[C@H](CC(N)=O)c4ccc(Cl)cc4)c(=O)c3c2)CC1. The number of primary amides is 1. The van der Waals surface area contributed by atoms with Crippen molar-refractivity contribution in [3.63, 3.8) is 0 Å². The number of amides is 2. The van der Waals surface area contributed by atoms with Gasteiger partial charge in [-0.25, -0.2) is 4.98 Å². The average molecular weight is 510 g/mol. The lowest BCUT2D eigenvalue weighted by Crippen LogP contribution is -2.48. The number of anilines is 1. The summed E-state index contributed by atoms with van der Waals surface area (Å²) in [6, 6.07) is 12.4. The van der Waals surface area contributed by atoms with E-state index in [9.17, 15) is 19.2 Å². The minimum absolute atomic E-state index is 0.0124. The number of nitrogens with zero attached hydrogens (tertiary/aromatic N) is 4. The predicted octanol–water partition coefficient (Wildman–Crippen LogP) is 2.34. The van der Waals surface area contributed by atoms with Crippen molar-refractivity contribution in [1.82, 2.24) is 14.5 Å². The Kier molecular flexibility index (Phi) is 7.69. The van der Waals surface area contributed by atoms with Crippen LogP contribution < -0.4 is 16.2 Å². The van der Waals surface area contributed by atoms with Crippen molar-refractivity contribution in [1.29, 1.82) is 0 Å². The quantitative estimate of drug-likeness (QED) is 0.498. The zero-order chi connectivity index (χ0) is 25.8. The van der Waals surface area contributed by atoms with Crippen LogP contribution in [0.1, 0.15) is 31.2 Å². The Hall–Kier alpha value is -3.72. The van der Waals surface area contributed by atoms with E-state index in [2.05, 4.69) is 9.88 Å². The van der Waals surface area contributed by atoms with Gasteiger partial charge in [-0.1, -0.05) is 23.7 Å². The first-order chi connectivity index (χ1) is 17.2. The standard InChI is InChI=1S/C26H28ClN5O4/c1-17(33)30-8-10-31(11-9-30)21-6-7-24-23(14-21)26(36)32(16-29-24)15-22(34)12-19(13-25(28)35)18-2-4-20(27)5-3-18/h2-7,14,16,19H,8-13,15H2,1H3,(H2,28,35)/t19-/m1/s1. The Balaban J connectivity index is 1.51. The third-order valence-corrected chi connectivity index (χ3v) is 6.76. The van der Waals surface area contributed by atoms with Gasteiger partial charge in [0.15, 0.2) is 5.78 Å². The molecule has 1 fully saturated rings. The van der Waals surface area contributed by atoms with Gasteiger partial charge in [-0.2, -0.15) is 0 Å². The number of Topliss-reactive ketones (excluding diaryl/α,β-unsaturated/α-hetero) is 1. The molecule has 1 aromatic heterocycles. The topological polar surface area (TPSA) is 119 Å². The molecule has 2 aromatic carbocycles. The molecule has 10 heteroatoms. The van der Waals surface area contributed by atoms with Gasteiger partial charge in [-0.05, 0) is 41.8 Å². The molecule has 1 aliphatic heterocycles. The number of piperazine rings is 1. The molecule has 0 spiro atoms. The summed E-state index contributed by atoms with van der Waals surface area (Å²) in [5.41, 5.74) is 7.30. The zero-order valence-corrected chi connectivity index (χ0v) is 20.8. The third kappa shape index (κ3) is 5.91. The predicted molar refractivity (Wildman–Crippen MR) is 138 cm³/mol. The Bertz CT molecular complexity index is 1350. The maximum Gasteiger partial charge on any atom is 0.261 e. The number of aromatic nitrogens is 2. The van der Waals surface area contributed by atoms with E-state index < -0.39 is 11.8 Å². The second kappa shape index (κ2) is 10.9. The van der Waals surface area contributed by atoms with Gasteiger partial charge in [-0.3, -0.25) is 23.7 Å². The lowest BCUT2D eigenvalue weighted by atomic mass is 9.90. The van der Waals surface area contributed by atoms with Crippen LogP contribution in [0.4, 0.5) is 5.69 Å². The summed E-state index contributed by atoms with van der Waals surface area (Å²) >= 11 is 5.96. The fraction of sp³-hybridized carbons (Fsp3) is 0.346. The lowest BCUT2D eigenvalue weighted by molar-refractivity contribution is -0.129. The summed E-state index contributed by atoms with van der Waals surface area (Å²) in [5, 5.41) is 0.972. The highest BCUT2D eigenvalue weighted by Crippen LogP contribution is 2.26. The average Bonchev–Trinajstić information content (AvgIpc) is 2.85. The molecule has 1 saturated heterocycles. The molecule has 2 heterocycles. The minimum atomic E-state index is -0.510. The van der Waals surface area contributed by atoms with E-state index in [1.165, 1.54) is 10.9 Å². The van der Waals surface area contributed by atoms with Crippen molar-refractivity contribution in [2.75, 3.05) is 31.1 Å². The summed E-state index contributed by atoms with van der Waals surface area (Å²) in [7, 11) is 0. The van der Waals surface area contributed by atoms with Gasteiger partial charge in [0, 0.05) is 56.7 Å². The Morgan fingerprint density at radius 2 is 1.72 bits per heavy atom. The summed E-state index contributed by atoms with van der Waals surface area (Å²) in [6.07, 6.45) is 1.44. The van der Waals surface area contributed by atoms with Crippen LogP contribution in [0.3, 0.4) is 0 Å². The van der Waals surface area contributed by atoms with Crippen LogP contribution >= 0.6 is 11.6 Å². The second-order valence-electron chi connectivity index (χ2n) is 9.03. The smallest absolute Gasteiger partial charge is 0.261 e. The number of halogens is 1. The maximum absolute atomic E-state index is 13.2. The van der Waals surface area contributed by atoms with E-state index >= 15 is 0 Å². The highest BCUT2D eigenvalue weighted by molar-refractivity contribution is 6.30. The molecule has 0 bridgehead atoms. The maximum atomic E-state index is 13.2. The number of carbonyl (C=O) groups excluding carboxylic acids is 3. The largest absolute Gasteiger partial charge is 0.370 e. The molecule has 0 radical (unpaired) electrons. The number of fused-ring (bicyclic) bond motifs is 1. The van der Waals surface area contributed by atoms with Crippen LogP contribution in [-0.4, -0.2) is 58.2 Å². The molecule has 4 rings (SSSR count). The summed E-state index contributed by atoms with van der Waals surface area (Å²) < 4.78 is 1.30. The fourth-order valence-corrected chi connectivity index (χ4v) is 4.68. The van der Waals surface area contributed by atoms with Crippen LogP contribution in [0.25, 0.3) is 10.9 Å². The highest BCUT2D eigenvalue weighted by atomic mass is 35.5. The molecule has 0 saturated carbocycles. The van der Waals surface area contributed by atoms with Gasteiger partial charge < -0.3 is 15.5 Å². The van der Waals surface area contributed by atoms with E-state index in [1.807, 2.05) is 6.07 Å². The normalized spacial score (nSPS) is 14.6. The monoisotopic (exact) mass is 509 g/mol. The summed E-state index contributed by atoms with van der Waals surface area (Å²) in [4.78, 5) is 57.6. The molecular weight excluding hydrogens is 482 g/mol. The Labute approximate surface area is 213 Å². The number of carbonyl (C=O) groups is 3. The zero-order valence-electron chi connectivity index (χ0n) is 20.0. The molecule has 188 valence electrons. The third-order valence-electron chi connectivity index (χ3n) is 6.51. The molecule has 36 heavy (non-hydrogen) atoms. The fourth-order valence-electron chi connectivity index (χ4n) is 4.55. The molecule has 1 aliphatic rings. The van der Waals surface area contributed by atoms with Crippen LogP contribution in [0.5, 0.6) is 0 Å². The molecule has 2 N–H and O–H groups in total. The number of rotatable bonds is 8. The first kappa shape index (κ1) is 25.4. The van der Waals surface area contributed by atoms with E-state index in [0.29, 0.717) is 42.1 Å². The van der Waals surface area contributed by atoms with Crippen LogP contribution in [0.2, 0.25) is 5.02 Å². The number of nitrogens with two attached hydrogens (primary N) is 1. The Morgan fingerprint density at radius 3 is 2.36 bits per heavy atom. The van der Waals surface area contributed by atoms with Crippen molar-refractivity contribution in [3.05, 3.63) is 69.7 Å². The van der Waals surface area contributed by atoms with Crippen molar-refractivity contribution in [3.8, 4) is 0 Å². The molecular formula is C26H28ClN5O4. The van der Waals surface area contributed by atoms with Gasteiger partial charge in [0.25, 0.3) is 5.56 Å². The molecule has 3 aromatic rings. The number of hydrogen-bond donors (Lipinski definition) is 1. The number of benzene rings is 2. The van der Waals surface area contributed by atoms with Crippen molar-refractivity contribution in [2.24, 2.45) is 5.73 Å². The van der Waals surface area contributed by atoms with E-state index in [1.54, 1.807) is 48.2 Å². The molecule has 9 nitrogen and oxygen atoms in total. The van der Waals surface area contributed by atoms with Crippen molar-refractivity contribution in [2.45, 2.75) is 32.2 Å². The van der Waals surface area contributed by atoms with Crippen molar-refractivity contribution >= 4 is 45.8 Å². The van der Waals surface area contributed by atoms with Crippen molar-refractivity contribution < 1.29 is 14.4 Å². The highest BCUT2D eigenvalue weighted by Gasteiger charge is 2.21. The van der Waals surface area contributed by atoms with Gasteiger partial charge in [0.05, 0.1) is 23.8 Å². The van der Waals surface area contributed by atoms with Gasteiger partial charge in [0.2, 0.25) is 11.8 Å². The van der Waals surface area contributed by atoms with Gasteiger partial charge in [0.1, 0.15) is 0 Å². The first-order valence-corrected chi connectivity index (χ1v) is 12.1. The first-order valence-electron chi connectivity index (χ1n) is 11.8. The van der Waals surface area contributed by atoms with E-state index in [-0.39, 0.29) is 36.6 Å². The molecule has 0 aliphatic carbocycles. The minimum Gasteiger partial charge on any atom is -0.370 e. The Morgan fingerprint density at radius 1 is 1.03 bits per heavy atom. The lowest BCUT2D eigenvalue weighted by Gasteiger charge is -2.35. The number of hydrogen-bond acceptors (Lipinski definition) is 6. The van der Waals surface area contributed by atoms with Crippen LogP contribution in [0.15, 0.2) is 53.6 Å². The summed E-state index contributed by atoms with van der Waals surface area (Å²) in [5.74, 6) is -1.07. The molecule has 1 atom stereocenters. The number of ketones is 1. The summed E-state index contributed by atoms with van der Waals surface area (Å²) in [6.45, 7) is 3.99. The molecule has 2 amide bonds. The molecule has 0 unspecified atom stereocenters. The van der Waals surface area contributed by atoms with Gasteiger partial charge in [-0.15, -0.1) is 0 Å². The van der Waals surface area contributed by atoms with E-state index in [0.717, 1.165) is 11.3 Å². The van der Waals surface area contributed by atoms with Crippen LogP contribution in [0, 0.1) is 0 Å². The van der Waals surface area contributed by atoms with E-state index in [4.69, 9.17) is 17.3 Å². The second-order valence-corrected chi connectivity index (χ2v) is 9.47. The van der Waals surface area contributed by atoms with Crippen LogP contribution in [-0.2, 0) is 20.9 Å². The van der Waals surface area contributed by atoms with Gasteiger partial charge >= 0.3 is 0 Å².